The van der Waals surface area contributed by atoms with Crippen molar-refractivity contribution in [2.24, 2.45) is 0 Å². The molecule has 0 spiro atoms. The lowest BCUT2D eigenvalue weighted by Crippen LogP contribution is -2.57. The van der Waals surface area contributed by atoms with Crippen molar-refractivity contribution in [1.82, 2.24) is 10.3 Å². The Morgan fingerprint density at radius 3 is 2.77 bits per heavy atom. The van der Waals surface area contributed by atoms with Crippen molar-refractivity contribution >= 4 is 23.2 Å². The summed E-state index contributed by atoms with van der Waals surface area (Å²) in [5.74, 6) is -1.54. The van der Waals surface area contributed by atoms with Crippen LogP contribution in [0.25, 0.3) is 10.6 Å². The molecule has 22 heavy (non-hydrogen) atoms. The summed E-state index contributed by atoms with van der Waals surface area (Å²) in [7, 11) is 0. The van der Waals surface area contributed by atoms with Gasteiger partial charge in [-0.15, -0.1) is 11.3 Å². The van der Waals surface area contributed by atoms with Crippen LogP contribution in [0.1, 0.15) is 23.3 Å². The highest BCUT2D eigenvalue weighted by Crippen LogP contribution is 2.25. The van der Waals surface area contributed by atoms with E-state index in [1.807, 2.05) is 0 Å². The first-order chi connectivity index (χ1) is 10.6. The Kier molecular flexibility index (Phi) is 3.95. The van der Waals surface area contributed by atoms with Gasteiger partial charge in [-0.05, 0) is 6.07 Å². The second-order valence-electron chi connectivity index (χ2n) is 5.00. The zero-order chi connectivity index (χ0) is 15.6. The molecule has 8 heteroatoms. The van der Waals surface area contributed by atoms with E-state index in [-0.39, 0.29) is 18.5 Å². The molecule has 1 aliphatic heterocycles. The standard InChI is InChI=1S/C14H14N2O5S/c17-11(16-14(13(18)19)2-5-20-6-3-14)10-8-22-12(15-10)9-1-4-21-7-9/h1,4,7-8H,2-3,5-6H2,(H,16,17)(H,18,19). The van der Waals surface area contributed by atoms with Gasteiger partial charge < -0.3 is 19.6 Å². The lowest BCUT2D eigenvalue weighted by atomic mass is 9.90. The molecule has 0 aliphatic carbocycles. The third-order valence-electron chi connectivity index (χ3n) is 3.61. The fourth-order valence-electron chi connectivity index (χ4n) is 2.29. The van der Waals surface area contributed by atoms with Crippen molar-refractivity contribution in [1.29, 1.82) is 0 Å². The molecule has 1 fully saturated rings. The van der Waals surface area contributed by atoms with Crippen LogP contribution in [0.15, 0.2) is 28.4 Å². The summed E-state index contributed by atoms with van der Waals surface area (Å²) in [6, 6.07) is 1.75. The Balaban J connectivity index is 1.77. The maximum atomic E-state index is 12.3. The molecule has 0 bridgehead atoms. The predicted octanol–water partition coefficient (Wildman–Crippen LogP) is 1.77. The van der Waals surface area contributed by atoms with E-state index in [0.29, 0.717) is 18.2 Å². The Morgan fingerprint density at radius 1 is 1.36 bits per heavy atom. The highest BCUT2D eigenvalue weighted by atomic mass is 32.1. The Bertz CT molecular complexity index is 673. The first-order valence-corrected chi connectivity index (χ1v) is 7.60. The van der Waals surface area contributed by atoms with E-state index in [0.717, 1.165) is 5.56 Å². The highest BCUT2D eigenvalue weighted by Gasteiger charge is 2.42. The van der Waals surface area contributed by atoms with Gasteiger partial charge in [-0.1, -0.05) is 0 Å². The molecule has 1 amide bonds. The predicted molar refractivity (Wildman–Crippen MR) is 77.7 cm³/mol. The molecule has 7 nitrogen and oxygen atoms in total. The number of hydrogen-bond acceptors (Lipinski definition) is 6. The molecule has 0 unspecified atom stereocenters. The lowest BCUT2D eigenvalue weighted by molar-refractivity contribution is -0.148. The molecule has 3 rings (SSSR count). The fourth-order valence-corrected chi connectivity index (χ4v) is 3.08. The summed E-state index contributed by atoms with van der Waals surface area (Å²) in [6.45, 7) is 0.619. The molecular weight excluding hydrogens is 308 g/mol. The maximum Gasteiger partial charge on any atom is 0.329 e. The third kappa shape index (κ3) is 2.75. The lowest BCUT2D eigenvalue weighted by Gasteiger charge is -2.33. The fraction of sp³-hybridized carbons (Fsp3) is 0.357. The second kappa shape index (κ2) is 5.90. The number of rotatable bonds is 4. The average Bonchev–Trinajstić information content (AvgIpc) is 3.19. The summed E-state index contributed by atoms with van der Waals surface area (Å²) in [5.41, 5.74) is -0.300. The van der Waals surface area contributed by atoms with Crippen LogP contribution in [-0.2, 0) is 9.53 Å². The van der Waals surface area contributed by atoms with Crippen molar-refractivity contribution in [2.75, 3.05) is 13.2 Å². The molecule has 3 heterocycles. The quantitative estimate of drug-likeness (QED) is 0.889. The Hall–Kier alpha value is -2.19. The molecule has 0 radical (unpaired) electrons. The molecule has 116 valence electrons. The first kappa shape index (κ1) is 14.7. The molecule has 1 saturated heterocycles. The van der Waals surface area contributed by atoms with E-state index >= 15 is 0 Å². The van der Waals surface area contributed by atoms with Crippen molar-refractivity contribution < 1.29 is 23.8 Å². The van der Waals surface area contributed by atoms with Crippen LogP contribution in [0.3, 0.4) is 0 Å². The van der Waals surface area contributed by atoms with Crippen LogP contribution in [0, 0.1) is 0 Å². The number of furan rings is 1. The molecule has 2 N–H and O–H groups in total. The van der Waals surface area contributed by atoms with E-state index in [4.69, 9.17) is 9.15 Å². The molecule has 0 saturated carbocycles. The van der Waals surface area contributed by atoms with Gasteiger partial charge >= 0.3 is 5.97 Å². The van der Waals surface area contributed by atoms with Gasteiger partial charge in [-0.2, -0.15) is 0 Å². The van der Waals surface area contributed by atoms with E-state index in [9.17, 15) is 14.7 Å². The van der Waals surface area contributed by atoms with Crippen LogP contribution in [0.5, 0.6) is 0 Å². The number of carbonyl (C=O) groups is 2. The van der Waals surface area contributed by atoms with Crippen LogP contribution in [0.4, 0.5) is 0 Å². The number of hydrogen-bond donors (Lipinski definition) is 2. The van der Waals surface area contributed by atoms with Crippen LogP contribution in [0.2, 0.25) is 0 Å². The van der Waals surface area contributed by atoms with Gasteiger partial charge in [0.05, 0.1) is 6.26 Å². The van der Waals surface area contributed by atoms with Gasteiger partial charge in [0.15, 0.2) is 0 Å². The van der Waals surface area contributed by atoms with E-state index < -0.39 is 17.4 Å². The number of thiazole rings is 1. The normalized spacial score (nSPS) is 17.1. The summed E-state index contributed by atoms with van der Waals surface area (Å²) in [4.78, 5) is 28.1. The Morgan fingerprint density at radius 2 is 2.14 bits per heavy atom. The largest absolute Gasteiger partial charge is 0.480 e. The minimum absolute atomic E-state index is 0.202. The van der Waals surface area contributed by atoms with Crippen LogP contribution >= 0.6 is 11.3 Å². The zero-order valence-corrected chi connectivity index (χ0v) is 12.4. The summed E-state index contributed by atoms with van der Waals surface area (Å²) in [5, 5.41) is 14.3. The minimum Gasteiger partial charge on any atom is -0.480 e. The summed E-state index contributed by atoms with van der Waals surface area (Å²) >= 11 is 1.30. The summed E-state index contributed by atoms with van der Waals surface area (Å²) < 4.78 is 10.2. The van der Waals surface area contributed by atoms with Crippen molar-refractivity contribution in [3.8, 4) is 10.6 Å². The highest BCUT2D eigenvalue weighted by molar-refractivity contribution is 7.13. The number of aliphatic carboxylic acids is 1. The van der Waals surface area contributed by atoms with Gasteiger partial charge in [0, 0.05) is 37.0 Å². The van der Waals surface area contributed by atoms with Crippen LogP contribution in [-0.4, -0.2) is 40.7 Å². The third-order valence-corrected chi connectivity index (χ3v) is 4.50. The number of carboxylic acids is 1. The number of amides is 1. The molecule has 1 aliphatic rings. The SMILES string of the molecule is O=C(NC1(C(=O)O)CCOCC1)c1csc(-c2ccoc2)n1. The first-order valence-electron chi connectivity index (χ1n) is 6.72. The molecule has 2 aromatic heterocycles. The van der Waals surface area contributed by atoms with Crippen LogP contribution < -0.4 is 5.32 Å². The number of nitrogens with zero attached hydrogens (tertiary/aromatic N) is 1. The molecular formula is C14H14N2O5S. The van der Waals surface area contributed by atoms with E-state index in [1.165, 1.54) is 23.9 Å². The van der Waals surface area contributed by atoms with Crippen molar-refractivity contribution in [2.45, 2.75) is 18.4 Å². The van der Waals surface area contributed by atoms with Gasteiger partial charge in [0.1, 0.15) is 22.5 Å². The number of aromatic nitrogens is 1. The van der Waals surface area contributed by atoms with Crippen molar-refractivity contribution in [3.63, 3.8) is 0 Å². The number of ether oxygens (including phenoxy) is 1. The maximum absolute atomic E-state index is 12.3. The summed E-state index contributed by atoms with van der Waals surface area (Å²) in [6.07, 6.45) is 3.55. The van der Waals surface area contributed by atoms with E-state index in [2.05, 4.69) is 10.3 Å². The molecule has 2 aromatic rings. The smallest absolute Gasteiger partial charge is 0.329 e. The zero-order valence-electron chi connectivity index (χ0n) is 11.6. The minimum atomic E-state index is -1.28. The van der Waals surface area contributed by atoms with Crippen molar-refractivity contribution in [3.05, 3.63) is 29.7 Å². The number of carbonyl (C=O) groups excluding carboxylic acids is 1. The number of nitrogens with one attached hydrogen (secondary N) is 1. The topological polar surface area (TPSA) is 102 Å². The molecule has 0 aromatic carbocycles. The molecule has 0 atom stereocenters. The second-order valence-corrected chi connectivity index (χ2v) is 5.86. The Labute approximate surface area is 129 Å². The van der Waals surface area contributed by atoms with Gasteiger partial charge in [0.25, 0.3) is 5.91 Å². The monoisotopic (exact) mass is 322 g/mol. The van der Waals surface area contributed by atoms with Gasteiger partial charge in [-0.3, -0.25) is 4.79 Å². The number of carboxylic acid groups (broad SMARTS) is 1. The average molecular weight is 322 g/mol. The van der Waals surface area contributed by atoms with Gasteiger partial charge in [0.2, 0.25) is 0 Å². The van der Waals surface area contributed by atoms with E-state index in [1.54, 1.807) is 11.4 Å². The van der Waals surface area contributed by atoms with Gasteiger partial charge in [-0.25, -0.2) is 9.78 Å².